The molecule has 0 bridgehead atoms. The molecule has 1 saturated heterocycles. The van der Waals surface area contributed by atoms with Crippen LogP contribution in [0.3, 0.4) is 0 Å². The van der Waals surface area contributed by atoms with Gasteiger partial charge < -0.3 is 10.6 Å². The lowest BCUT2D eigenvalue weighted by Crippen LogP contribution is -2.49. The van der Waals surface area contributed by atoms with Crippen molar-refractivity contribution in [1.29, 1.82) is 0 Å². The molecule has 1 unspecified atom stereocenters. The number of rotatable bonds is 4. The number of nitrogens with zero attached hydrogens (tertiary/aromatic N) is 1. The van der Waals surface area contributed by atoms with E-state index in [4.69, 9.17) is 0 Å². The van der Waals surface area contributed by atoms with Gasteiger partial charge in [-0.15, -0.1) is 0 Å². The van der Waals surface area contributed by atoms with E-state index in [1.54, 1.807) is 7.05 Å². The number of hydrogen-bond donors (Lipinski definition) is 2. The van der Waals surface area contributed by atoms with Crippen molar-refractivity contribution in [2.75, 3.05) is 26.7 Å². The van der Waals surface area contributed by atoms with Crippen LogP contribution in [-0.4, -0.2) is 49.4 Å². The molecule has 1 aliphatic rings. The van der Waals surface area contributed by atoms with Crippen molar-refractivity contribution in [2.45, 2.75) is 32.2 Å². The van der Waals surface area contributed by atoms with Gasteiger partial charge in [0.1, 0.15) is 0 Å². The number of likely N-dealkylation sites (N-methyl/N-ethyl adjacent to an activating group) is 1. The Morgan fingerprint density at radius 1 is 1.38 bits per heavy atom. The molecule has 0 aromatic rings. The largest absolute Gasteiger partial charge is 0.358 e. The minimum atomic E-state index is 0.0301. The van der Waals surface area contributed by atoms with Crippen molar-refractivity contribution in [2.24, 2.45) is 0 Å². The highest BCUT2D eigenvalue weighted by Gasteiger charge is 2.21. The molecular formula is C11H21N3O2. The summed E-state index contributed by atoms with van der Waals surface area (Å²) in [5.74, 6) is 0.120. The third-order valence-corrected chi connectivity index (χ3v) is 2.84. The van der Waals surface area contributed by atoms with Gasteiger partial charge in [-0.1, -0.05) is 6.92 Å². The topological polar surface area (TPSA) is 61.4 Å². The standard InChI is InChI=1S/C11H21N3O2/c1-3-10(15)13-9-5-4-6-14(7-9)8-11(16)12-2/h9H,3-8H2,1-2H3,(H,12,16)(H,13,15). The number of hydrogen-bond acceptors (Lipinski definition) is 3. The number of nitrogens with one attached hydrogen (secondary N) is 2. The van der Waals surface area contributed by atoms with Crippen LogP contribution < -0.4 is 10.6 Å². The summed E-state index contributed by atoms with van der Waals surface area (Å²) in [6.45, 7) is 3.99. The molecule has 0 aromatic carbocycles. The number of piperidine rings is 1. The van der Waals surface area contributed by atoms with Crippen LogP contribution in [0.25, 0.3) is 0 Å². The SMILES string of the molecule is CCC(=O)NC1CCCN(CC(=O)NC)C1. The zero-order valence-corrected chi connectivity index (χ0v) is 10.1. The monoisotopic (exact) mass is 227 g/mol. The van der Waals surface area contributed by atoms with Crippen LogP contribution in [0.4, 0.5) is 0 Å². The highest BCUT2D eigenvalue weighted by atomic mass is 16.2. The highest BCUT2D eigenvalue weighted by molar-refractivity contribution is 5.77. The molecule has 16 heavy (non-hydrogen) atoms. The molecule has 1 rings (SSSR count). The maximum absolute atomic E-state index is 11.3. The van der Waals surface area contributed by atoms with Crippen molar-refractivity contribution in [3.05, 3.63) is 0 Å². The van der Waals surface area contributed by atoms with Crippen molar-refractivity contribution < 1.29 is 9.59 Å². The lowest BCUT2D eigenvalue weighted by Gasteiger charge is -2.32. The van der Waals surface area contributed by atoms with E-state index in [1.165, 1.54) is 0 Å². The molecule has 5 nitrogen and oxygen atoms in total. The van der Waals surface area contributed by atoms with E-state index in [0.29, 0.717) is 13.0 Å². The molecule has 0 saturated carbocycles. The quantitative estimate of drug-likeness (QED) is 0.694. The molecule has 1 fully saturated rings. The fraction of sp³-hybridized carbons (Fsp3) is 0.818. The molecule has 0 spiro atoms. The summed E-state index contributed by atoms with van der Waals surface area (Å²) < 4.78 is 0. The maximum atomic E-state index is 11.3. The molecule has 2 N–H and O–H groups in total. The molecule has 1 heterocycles. The van der Waals surface area contributed by atoms with Crippen LogP contribution in [-0.2, 0) is 9.59 Å². The second kappa shape index (κ2) is 6.48. The fourth-order valence-electron chi connectivity index (χ4n) is 1.93. The maximum Gasteiger partial charge on any atom is 0.233 e. The lowest BCUT2D eigenvalue weighted by atomic mass is 10.1. The van der Waals surface area contributed by atoms with E-state index >= 15 is 0 Å². The summed E-state index contributed by atoms with van der Waals surface area (Å²) in [5.41, 5.74) is 0. The van der Waals surface area contributed by atoms with Crippen LogP contribution in [0, 0.1) is 0 Å². The number of likely N-dealkylation sites (tertiary alicyclic amines) is 1. The third kappa shape index (κ3) is 4.18. The zero-order valence-electron chi connectivity index (χ0n) is 10.1. The minimum absolute atomic E-state index is 0.0301. The van der Waals surface area contributed by atoms with Crippen molar-refractivity contribution >= 4 is 11.8 Å². The Labute approximate surface area is 96.6 Å². The average molecular weight is 227 g/mol. The van der Waals surface area contributed by atoms with E-state index in [2.05, 4.69) is 15.5 Å². The van der Waals surface area contributed by atoms with Gasteiger partial charge in [-0.05, 0) is 19.4 Å². The third-order valence-electron chi connectivity index (χ3n) is 2.84. The van der Waals surface area contributed by atoms with Gasteiger partial charge >= 0.3 is 0 Å². The molecule has 0 radical (unpaired) electrons. The van der Waals surface area contributed by atoms with Gasteiger partial charge in [-0.25, -0.2) is 0 Å². The average Bonchev–Trinajstić information content (AvgIpc) is 2.29. The van der Waals surface area contributed by atoms with Gasteiger partial charge in [-0.3, -0.25) is 14.5 Å². The van der Waals surface area contributed by atoms with E-state index in [0.717, 1.165) is 25.9 Å². The first-order chi connectivity index (χ1) is 7.65. The Kier molecular flexibility index (Phi) is 5.25. The van der Waals surface area contributed by atoms with Crippen molar-refractivity contribution in [3.8, 4) is 0 Å². The Morgan fingerprint density at radius 3 is 2.75 bits per heavy atom. The zero-order chi connectivity index (χ0) is 12.0. The van der Waals surface area contributed by atoms with Gasteiger partial charge in [0.15, 0.2) is 0 Å². The predicted molar refractivity (Wildman–Crippen MR) is 62.0 cm³/mol. The second-order valence-electron chi connectivity index (χ2n) is 4.17. The summed E-state index contributed by atoms with van der Waals surface area (Å²) in [4.78, 5) is 24.6. The fourth-order valence-corrected chi connectivity index (χ4v) is 1.93. The van der Waals surface area contributed by atoms with Gasteiger partial charge in [0.2, 0.25) is 11.8 Å². The van der Waals surface area contributed by atoms with E-state index < -0.39 is 0 Å². The number of carbonyl (C=O) groups is 2. The van der Waals surface area contributed by atoms with E-state index in [-0.39, 0.29) is 17.9 Å². The second-order valence-corrected chi connectivity index (χ2v) is 4.17. The Hall–Kier alpha value is -1.10. The van der Waals surface area contributed by atoms with Crippen LogP contribution in [0.2, 0.25) is 0 Å². The summed E-state index contributed by atoms with van der Waals surface area (Å²) >= 11 is 0. The lowest BCUT2D eigenvalue weighted by molar-refractivity contribution is -0.122. The smallest absolute Gasteiger partial charge is 0.233 e. The van der Waals surface area contributed by atoms with Crippen molar-refractivity contribution in [3.63, 3.8) is 0 Å². The first kappa shape index (κ1) is 13.0. The van der Waals surface area contributed by atoms with Gasteiger partial charge in [0.05, 0.1) is 6.54 Å². The molecule has 1 atom stereocenters. The number of carbonyl (C=O) groups excluding carboxylic acids is 2. The first-order valence-corrected chi connectivity index (χ1v) is 5.88. The van der Waals surface area contributed by atoms with Gasteiger partial charge in [0, 0.05) is 26.1 Å². The van der Waals surface area contributed by atoms with Crippen LogP contribution in [0.15, 0.2) is 0 Å². The Bertz CT molecular complexity index is 232. The highest BCUT2D eigenvalue weighted by Crippen LogP contribution is 2.09. The molecular weight excluding hydrogens is 206 g/mol. The predicted octanol–water partition coefficient (Wildman–Crippen LogP) is -0.277. The normalized spacial score (nSPS) is 21.5. The summed E-state index contributed by atoms with van der Waals surface area (Å²) in [6.07, 6.45) is 2.56. The Balaban J connectivity index is 2.35. The molecule has 2 amide bonds. The first-order valence-electron chi connectivity index (χ1n) is 5.88. The van der Waals surface area contributed by atoms with Crippen LogP contribution in [0.1, 0.15) is 26.2 Å². The summed E-state index contributed by atoms with van der Waals surface area (Å²) in [6, 6.07) is 0.200. The van der Waals surface area contributed by atoms with Crippen molar-refractivity contribution in [1.82, 2.24) is 15.5 Å². The molecule has 1 aliphatic heterocycles. The summed E-state index contributed by atoms with van der Waals surface area (Å²) in [7, 11) is 1.64. The van der Waals surface area contributed by atoms with E-state index in [9.17, 15) is 9.59 Å². The molecule has 0 aromatic heterocycles. The summed E-state index contributed by atoms with van der Waals surface area (Å²) in [5, 5.41) is 5.59. The molecule has 0 aliphatic carbocycles. The minimum Gasteiger partial charge on any atom is -0.358 e. The molecule has 92 valence electrons. The van der Waals surface area contributed by atoms with Crippen LogP contribution >= 0.6 is 0 Å². The molecule has 5 heteroatoms. The van der Waals surface area contributed by atoms with Gasteiger partial charge in [-0.2, -0.15) is 0 Å². The van der Waals surface area contributed by atoms with E-state index in [1.807, 2.05) is 6.92 Å². The Morgan fingerprint density at radius 2 is 2.12 bits per heavy atom. The van der Waals surface area contributed by atoms with Gasteiger partial charge in [0.25, 0.3) is 0 Å². The van der Waals surface area contributed by atoms with Crippen LogP contribution in [0.5, 0.6) is 0 Å². The number of amides is 2.